The van der Waals surface area contributed by atoms with E-state index < -0.39 is 11.6 Å². The van der Waals surface area contributed by atoms with Gasteiger partial charge in [0.15, 0.2) is 0 Å². The van der Waals surface area contributed by atoms with Crippen molar-refractivity contribution in [3.05, 3.63) is 35.4 Å². The molecule has 0 radical (unpaired) electrons. The first-order valence-corrected chi connectivity index (χ1v) is 9.52. The van der Waals surface area contributed by atoms with E-state index in [1.165, 1.54) is 0 Å². The second-order valence-corrected chi connectivity index (χ2v) is 7.33. The lowest BCUT2D eigenvalue weighted by Gasteiger charge is -2.27. The molecule has 0 aromatic heterocycles. The van der Waals surface area contributed by atoms with Gasteiger partial charge in [0.2, 0.25) is 5.91 Å². The first-order chi connectivity index (χ1) is 13.1. The van der Waals surface area contributed by atoms with Gasteiger partial charge in [-0.2, -0.15) is 0 Å². The Morgan fingerprint density at radius 3 is 2.71 bits per heavy atom. The van der Waals surface area contributed by atoms with Gasteiger partial charge >= 0.3 is 6.03 Å². The van der Waals surface area contributed by atoms with Crippen molar-refractivity contribution in [2.24, 2.45) is 0 Å². The molecule has 3 aliphatic rings. The van der Waals surface area contributed by atoms with Crippen molar-refractivity contribution in [1.82, 2.24) is 25.8 Å². The highest BCUT2D eigenvalue weighted by Gasteiger charge is 2.55. The van der Waals surface area contributed by atoms with Gasteiger partial charge in [-0.15, -0.1) is 12.4 Å². The number of piperazine rings is 1. The third-order valence-electron chi connectivity index (χ3n) is 5.68. The van der Waals surface area contributed by atoms with Gasteiger partial charge in [0.25, 0.3) is 5.91 Å². The zero-order valence-corrected chi connectivity index (χ0v) is 16.5. The van der Waals surface area contributed by atoms with Crippen molar-refractivity contribution in [3.8, 4) is 0 Å². The van der Waals surface area contributed by atoms with Gasteiger partial charge in [-0.05, 0) is 24.0 Å². The fourth-order valence-corrected chi connectivity index (χ4v) is 4.22. The number of aryl methyl sites for hydroxylation is 1. The monoisotopic (exact) mass is 407 g/mol. The number of amides is 4. The van der Waals surface area contributed by atoms with Crippen LogP contribution in [0.5, 0.6) is 0 Å². The van der Waals surface area contributed by atoms with Crippen LogP contribution < -0.4 is 16.0 Å². The van der Waals surface area contributed by atoms with Gasteiger partial charge in [0.05, 0.1) is 0 Å². The Kier molecular flexibility index (Phi) is 6.22. The fourth-order valence-electron chi connectivity index (χ4n) is 4.22. The number of halogens is 1. The van der Waals surface area contributed by atoms with Gasteiger partial charge in [0.1, 0.15) is 12.1 Å². The summed E-state index contributed by atoms with van der Waals surface area (Å²) in [5.41, 5.74) is 0.924. The van der Waals surface area contributed by atoms with E-state index in [2.05, 4.69) is 20.9 Å². The molecular weight excluding hydrogens is 382 g/mol. The highest BCUT2D eigenvalue weighted by Crippen LogP contribution is 2.41. The number of hydrogen-bond donors (Lipinski definition) is 3. The summed E-state index contributed by atoms with van der Waals surface area (Å²) in [5.74, 6) is -0.633. The lowest BCUT2D eigenvalue weighted by atomic mass is 9.92. The normalized spacial score (nSPS) is 24.1. The smallest absolute Gasteiger partial charge is 0.325 e. The highest BCUT2D eigenvalue weighted by atomic mass is 35.5. The second kappa shape index (κ2) is 8.46. The molecule has 1 unspecified atom stereocenters. The molecule has 1 aliphatic carbocycles. The Morgan fingerprint density at radius 2 is 1.93 bits per heavy atom. The van der Waals surface area contributed by atoms with Gasteiger partial charge in [-0.25, -0.2) is 4.79 Å². The SMILES string of the molecule is Cl.O=C(CN1C(=O)NC2(CCc3ccccc32)C1=O)NCCN1CCNCC1. The van der Waals surface area contributed by atoms with E-state index in [1.54, 1.807) is 0 Å². The van der Waals surface area contributed by atoms with Crippen LogP contribution in [0.15, 0.2) is 24.3 Å². The maximum atomic E-state index is 13.0. The van der Waals surface area contributed by atoms with Gasteiger partial charge in [-0.3, -0.25) is 19.4 Å². The first-order valence-electron chi connectivity index (χ1n) is 9.52. The number of benzene rings is 1. The number of nitrogens with one attached hydrogen (secondary N) is 3. The second-order valence-electron chi connectivity index (χ2n) is 7.33. The third kappa shape index (κ3) is 3.72. The van der Waals surface area contributed by atoms with Crippen molar-refractivity contribution in [2.75, 3.05) is 45.8 Å². The predicted octanol–water partition coefficient (Wildman–Crippen LogP) is -0.177. The Bertz CT molecular complexity index is 768. The summed E-state index contributed by atoms with van der Waals surface area (Å²) < 4.78 is 0. The molecular formula is C19H26ClN5O3. The summed E-state index contributed by atoms with van der Waals surface area (Å²) in [6, 6.07) is 7.18. The predicted molar refractivity (Wildman–Crippen MR) is 106 cm³/mol. The number of carbonyl (C=O) groups excluding carboxylic acids is 3. The van der Waals surface area contributed by atoms with Crippen LogP contribution >= 0.6 is 12.4 Å². The third-order valence-corrected chi connectivity index (χ3v) is 5.68. The molecule has 3 N–H and O–H groups in total. The van der Waals surface area contributed by atoms with Crippen LogP contribution in [0, 0.1) is 0 Å². The lowest BCUT2D eigenvalue weighted by Crippen LogP contribution is -2.47. The molecule has 4 rings (SSSR count). The number of carbonyl (C=O) groups is 3. The average Bonchev–Trinajstić information content (AvgIpc) is 3.16. The molecule has 0 saturated carbocycles. The van der Waals surface area contributed by atoms with E-state index >= 15 is 0 Å². The fraction of sp³-hybridized carbons (Fsp3) is 0.526. The van der Waals surface area contributed by atoms with Gasteiger partial charge in [-0.1, -0.05) is 24.3 Å². The van der Waals surface area contributed by atoms with Crippen molar-refractivity contribution < 1.29 is 14.4 Å². The van der Waals surface area contributed by atoms with Crippen molar-refractivity contribution in [2.45, 2.75) is 18.4 Å². The molecule has 4 amide bonds. The van der Waals surface area contributed by atoms with Crippen molar-refractivity contribution >= 4 is 30.3 Å². The van der Waals surface area contributed by atoms with Crippen LogP contribution in [0.2, 0.25) is 0 Å². The highest BCUT2D eigenvalue weighted by molar-refractivity contribution is 6.09. The molecule has 8 nitrogen and oxygen atoms in total. The number of nitrogens with zero attached hydrogens (tertiary/aromatic N) is 2. The Labute approximate surface area is 170 Å². The molecule has 9 heteroatoms. The molecule has 1 atom stereocenters. The van der Waals surface area contributed by atoms with Crippen LogP contribution in [0.25, 0.3) is 0 Å². The molecule has 1 aromatic rings. The van der Waals surface area contributed by atoms with Crippen molar-refractivity contribution in [3.63, 3.8) is 0 Å². The van der Waals surface area contributed by atoms with E-state index in [1.807, 2.05) is 24.3 Å². The summed E-state index contributed by atoms with van der Waals surface area (Å²) in [5, 5.41) is 8.95. The van der Waals surface area contributed by atoms with Crippen molar-refractivity contribution in [1.29, 1.82) is 0 Å². The maximum Gasteiger partial charge on any atom is 0.325 e. The molecule has 2 fully saturated rings. The minimum atomic E-state index is -1.01. The van der Waals surface area contributed by atoms with Gasteiger partial charge in [0, 0.05) is 39.3 Å². The van der Waals surface area contributed by atoms with E-state index in [0.717, 1.165) is 55.2 Å². The van der Waals surface area contributed by atoms with E-state index in [-0.39, 0.29) is 30.8 Å². The summed E-state index contributed by atoms with van der Waals surface area (Å²) in [4.78, 5) is 41.0. The topological polar surface area (TPSA) is 93.8 Å². The quantitative estimate of drug-likeness (QED) is 0.589. The summed E-state index contributed by atoms with van der Waals surface area (Å²) in [6.07, 6.45) is 1.28. The van der Waals surface area contributed by atoms with Crippen LogP contribution in [-0.2, 0) is 21.5 Å². The number of urea groups is 1. The summed E-state index contributed by atoms with van der Waals surface area (Å²) in [7, 11) is 0. The molecule has 152 valence electrons. The van der Waals surface area contributed by atoms with Crippen LogP contribution in [0.4, 0.5) is 4.79 Å². The number of rotatable bonds is 5. The van der Waals surface area contributed by atoms with E-state index in [9.17, 15) is 14.4 Å². The molecule has 1 aromatic carbocycles. The summed E-state index contributed by atoms with van der Waals surface area (Å²) in [6.45, 7) is 4.88. The standard InChI is InChI=1S/C19H25N5O3.ClH/c25-16(21-9-12-23-10-7-20-8-11-23)13-24-17(26)19(22-18(24)27)6-5-14-3-1-2-4-15(14)19;/h1-4,20H,5-13H2,(H,21,25)(H,22,27);1H. The molecule has 1 spiro atoms. The molecule has 0 bridgehead atoms. The molecule has 2 saturated heterocycles. The minimum absolute atomic E-state index is 0. The Morgan fingerprint density at radius 1 is 1.18 bits per heavy atom. The number of fused-ring (bicyclic) bond motifs is 2. The van der Waals surface area contributed by atoms with E-state index in [0.29, 0.717) is 13.0 Å². The zero-order valence-electron chi connectivity index (χ0n) is 15.7. The number of hydrogen-bond acceptors (Lipinski definition) is 5. The summed E-state index contributed by atoms with van der Waals surface area (Å²) >= 11 is 0. The molecule has 2 heterocycles. The minimum Gasteiger partial charge on any atom is -0.353 e. The largest absolute Gasteiger partial charge is 0.353 e. The first kappa shape index (κ1) is 20.6. The molecule has 2 aliphatic heterocycles. The maximum absolute atomic E-state index is 13.0. The lowest BCUT2D eigenvalue weighted by molar-refractivity contribution is -0.135. The van der Waals surface area contributed by atoms with Gasteiger partial charge < -0.3 is 16.0 Å². The van der Waals surface area contributed by atoms with Crippen LogP contribution in [-0.4, -0.2) is 73.5 Å². The van der Waals surface area contributed by atoms with Crippen LogP contribution in [0.1, 0.15) is 17.5 Å². The Hall–Kier alpha value is -2.16. The number of imide groups is 1. The van der Waals surface area contributed by atoms with Crippen LogP contribution in [0.3, 0.4) is 0 Å². The average molecular weight is 408 g/mol. The van der Waals surface area contributed by atoms with E-state index in [4.69, 9.17) is 0 Å². The molecule has 28 heavy (non-hydrogen) atoms. The zero-order chi connectivity index (χ0) is 18.9. The Balaban J connectivity index is 0.00000225.